The van der Waals surface area contributed by atoms with E-state index in [4.69, 9.17) is 4.74 Å². The van der Waals surface area contributed by atoms with E-state index in [0.29, 0.717) is 11.3 Å². The molecule has 0 bridgehead atoms. The summed E-state index contributed by atoms with van der Waals surface area (Å²) >= 11 is 0. The molecule has 0 atom stereocenters. The SMILES string of the molecule is COc1ccc(Nc2cccc(C(C)=O)c2)cc1F. The highest BCUT2D eigenvalue weighted by atomic mass is 19.1. The lowest BCUT2D eigenvalue weighted by Crippen LogP contribution is -1.96. The van der Waals surface area contributed by atoms with Crippen LogP contribution < -0.4 is 10.1 Å². The maximum atomic E-state index is 13.5. The van der Waals surface area contributed by atoms with E-state index in [9.17, 15) is 9.18 Å². The monoisotopic (exact) mass is 259 g/mol. The molecule has 0 unspecified atom stereocenters. The minimum Gasteiger partial charge on any atom is -0.494 e. The third-order valence-electron chi connectivity index (χ3n) is 2.71. The standard InChI is InChI=1S/C15H14FNO2/c1-10(18)11-4-3-5-12(8-11)17-13-6-7-15(19-2)14(16)9-13/h3-9,17H,1-2H3. The molecule has 0 aliphatic rings. The fraction of sp³-hybridized carbons (Fsp3) is 0.133. The topological polar surface area (TPSA) is 38.3 Å². The van der Waals surface area contributed by atoms with E-state index in [1.807, 2.05) is 6.07 Å². The molecule has 0 saturated heterocycles. The molecular formula is C15H14FNO2. The molecule has 1 N–H and O–H groups in total. The van der Waals surface area contributed by atoms with Crippen LogP contribution in [0.4, 0.5) is 15.8 Å². The van der Waals surface area contributed by atoms with Crippen LogP contribution >= 0.6 is 0 Å². The zero-order valence-corrected chi connectivity index (χ0v) is 10.7. The molecule has 2 rings (SSSR count). The van der Waals surface area contributed by atoms with E-state index in [0.717, 1.165) is 5.69 Å². The summed E-state index contributed by atoms with van der Waals surface area (Å²) in [5, 5.41) is 3.04. The molecule has 0 fully saturated rings. The number of carbonyl (C=O) groups excluding carboxylic acids is 1. The first-order valence-corrected chi connectivity index (χ1v) is 5.81. The zero-order valence-electron chi connectivity index (χ0n) is 10.7. The zero-order chi connectivity index (χ0) is 13.8. The molecule has 0 aromatic heterocycles. The van der Waals surface area contributed by atoms with Gasteiger partial charge < -0.3 is 10.1 Å². The van der Waals surface area contributed by atoms with Gasteiger partial charge in [-0.25, -0.2) is 4.39 Å². The Morgan fingerprint density at radius 2 is 1.89 bits per heavy atom. The van der Waals surface area contributed by atoms with Crippen LogP contribution in [-0.2, 0) is 0 Å². The van der Waals surface area contributed by atoms with Gasteiger partial charge in [-0.3, -0.25) is 4.79 Å². The van der Waals surface area contributed by atoms with Crippen LogP contribution in [0.2, 0.25) is 0 Å². The molecule has 0 heterocycles. The molecule has 0 spiro atoms. The Morgan fingerprint density at radius 1 is 1.16 bits per heavy atom. The Bertz CT molecular complexity index is 611. The molecule has 19 heavy (non-hydrogen) atoms. The van der Waals surface area contributed by atoms with Crippen LogP contribution in [0.15, 0.2) is 42.5 Å². The molecular weight excluding hydrogens is 245 g/mol. The number of benzene rings is 2. The Balaban J connectivity index is 2.23. The molecule has 3 nitrogen and oxygen atoms in total. The van der Waals surface area contributed by atoms with E-state index in [-0.39, 0.29) is 11.5 Å². The normalized spacial score (nSPS) is 10.1. The molecule has 0 amide bonds. The molecule has 98 valence electrons. The van der Waals surface area contributed by atoms with Crippen LogP contribution in [0, 0.1) is 5.82 Å². The van der Waals surface area contributed by atoms with Crippen molar-refractivity contribution < 1.29 is 13.9 Å². The molecule has 0 saturated carbocycles. The molecule has 2 aromatic rings. The molecule has 4 heteroatoms. The Morgan fingerprint density at radius 3 is 2.53 bits per heavy atom. The largest absolute Gasteiger partial charge is 0.494 e. The number of methoxy groups -OCH3 is 1. The number of halogens is 1. The molecule has 2 aromatic carbocycles. The summed E-state index contributed by atoms with van der Waals surface area (Å²) in [4.78, 5) is 11.3. The Labute approximate surface area is 111 Å². The molecule has 0 radical (unpaired) electrons. The van der Waals surface area contributed by atoms with Gasteiger partial charge in [0, 0.05) is 23.0 Å². The van der Waals surface area contributed by atoms with Crippen molar-refractivity contribution in [1.82, 2.24) is 0 Å². The summed E-state index contributed by atoms with van der Waals surface area (Å²) in [6.07, 6.45) is 0. The summed E-state index contributed by atoms with van der Waals surface area (Å²) in [5.41, 5.74) is 1.94. The van der Waals surface area contributed by atoms with Crippen LogP contribution in [0.5, 0.6) is 5.75 Å². The smallest absolute Gasteiger partial charge is 0.167 e. The first-order valence-electron chi connectivity index (χ1n) is 5.81. The van der Waals surface area contributed by atoms with Gasteiger partial charge in [-0.05, 0) is 31.2 Å². The minimum absolute atomic E-state index is 0.00967. The Hall–Kier alpha value is -2.36. The fourth-order valence-corrected chi connectivity index (χ4v) is 1.73. The summed E-state index contributed by atoms with van der Waals surface area (Å²) in [5.74, 6) is -0.247. The number of hydrogen-bond acceptors (Lipinski definition) is 3. The van der Waals surface area contributed by atoms with Crippen LogP contribution in [0.25, 0.3) is 0 Å². The highest BCUT2D eigenvalue weighted by Crippen LogP contribution is 2.23. The number of Topliss-reactive ketones (excluding diaryl/α,β-unsaturated/α-hetero) is 1. The van der Waals surface area contributed by atoms with Crippen molar-refractivity contribution in [1.29, 1.82) is 0 Å². The van der Waals surface area contributed by atoms with E-state index in [2.05, 4.69) is 5.32 Å². The summed E-state index contributed by atoms with van der Waals surface area (Å²) in [6, 6.07) is 11.7. The maximum absolute atomic E-state index is 13.5. The first kappa shape index (κ1) is 13.1. The van der Waals surface area contributed by atoms with Crippen molar-refractivity contribution in [2.75, 3.05) is 12.4 Å². The highest BCUT2D eigenvalue weighted by molar-refractivity contribution is 5.95. The quantitative estimate of drug-likeness (QED) is 0.849. The van der Waals surface area contributed by atoms with Gasteiger partial charge in [-0.15, -0.1) is 0 Å². The highest BCUT2D eigenvalue weighted by Gasteiger charge is 2.05. The number of anilines is 2. The van der Waals surface area contributed by atoms with Gasteiger partial charge in [-0.2, -0.15) is 0 Å². The number of ketones is 1. The van der Waals surface area contributed by atoms with Crippen molar-refractivity contribution in [3.8, 4) is 5.75 Å². The van der Waals surface area contributed by atoms with E-state index in [1.54, 1.807) is 30.3 Å². The van der Waals surface area contributed by atoms with Crippen molar-refractivity contribution in [2.24, 2.45) is 0 Å². The third-order valence-corrected chi connectivity index (χ3v) is 2.71. The Kier molecular flexibility index (Phi) is 3.80. The molecule has 0 aliphatic heterocycles. The van der Waals surface area contributed by atoms with Crippen molar-refractivity contribution in [2.45, 2.75) is 6.92 Å². The number of nitrogens with one attached hydrogen (secondary N) is 1. The van der Waals surface area contributed by atoms with Crippen molar-refractivity contribution >= 4 is 17.2 Å². The van der Waals surface area contributed by atoms with Gasteiger partial charge >= 0.3 is 0 Å². The van der Waals surface area contributed by atoms with Gasteiger partial charge in [0.2, 0.25) is 0 Å². The van der Waals surface area contributed by atoms with Gasteiger partial charge in [0.25, 0.3) is 0 Å². The van der Waals surface area contributed by atoms with Gasteiger partial charge in [0.15, 0.2) is 17.3 Å². The minimum atomic E-state index is -0.435. The van der Waals surface area contributed by atoms with Gasteiger partial charge in [-0.1, -0.05) is 12.1 Å². The predicted molar refractivity (Wildman–Crippen MR) is 72.7 cm³/mol. The summed E-state index contributed by atoms with van der Waals surface area (Å²) in [6.45, 7) is 1.51. The lowest BCUT2D eigenvalue weighted by Gasteiger charge is -2.09. The van der Waals surface area contributed by atoms with Crippen LogP contribution in [0.1, 0.15) is 17.3 Å². The number of hydrogen-bond donors (Lipinski definition) is 1. The van der Waals surface area contributed by atoms with Gasteiger partial charge in [0.05, 0.1) is 7.11 Å². The van der Waals surface area contributed by atoms with Crippen LogP contribution in [0.3, 0.4) is 0 Å². The van der Waals surface area contributed by atoms with E-state index >= 15 is 0 Å². The summed E-state index contributed by atoms with van der Waals surface area (Å²) in [7, 11) is 1.42. The number of ether oxygens (including phenoxy) is 1. The van der Waals surface area contributed by atoms with Gasteiger partial charge in [0.1, 0.15) is 0 Å². The molecule has 0 aliphatic carbocycles. The van der Waals surface area contributed by atoms with E-state index in [1.165, 1.54) is 20.1 Å². The van der Waals surface area contributed by atoms with Crippen molar-refractivity contribution in [3.63, 3.8) is 0 Å². The lowest BCUT2D eigenvalue weighted by molar-refractivity contribution is 0.101. The average molecular weight is 259 g/mol. The fourth-order valence-electron chi connectivity index (χ4n) is 1.73. The number of carbonyl (C=O) groups is 1. The summed E-state index contributed by atoms with van der Waals surface area (Å²) < 4.78 is 18.4. The lowest BCUT2D eigenvalue weighted by atomic mass is 10.1. The second-order valence-corrected chi connectivity index (χ2v) is 4.11. The van der Waals surface area contributed by atoms with Crippen molar-refractivity contribution in [3.05, 3.63) is 53.8 Å². The second-order valence-electron chi connectivity index (χ2n) is 4.11. The first-order chi connectivity index (χ1) is 9.10. The maximum Gasteiger partial charge on any atom is 0.167 e. The average Bonchev–Trinajstić information content (AvgIpc) is 2.39. The van der Waals surface area contributed by atoms with E-state index < -0.39 is 5.82 Å². The third kappa shape index (κ3) is 3.10. The number of rotatable bonds is 4. The predicted octanol–water partition coefficient (Wildman–Crippen LogP) is 3.78. The second kappa shape index (κ2) is 5.52. The van der Waals surface area contributed by atoms with Crippen LogP contribution in [-0.4, -0.2) is 12.9 Å².